The van der Waals surface area contributed by atoms with Gasteiger partial charge >= 0.3 is 6.18 Å². The normalized spacial score (nSPS) is 30.9. The van der Waals surface area contributed by atoms with E-state index in [1.165, 1.54) is 32.1 Å². The number of halogens is 3. The van der Waals surface area contributed by atoms with Crippen molar-refractivity contribution in [2.24, 2.45) is 11.8 Å². The molecule has 1 heterocycles. The van der Waals surface area contributed by atoms with Gasteiger partial charge in [0.2, 0.25) is 0 Å². The Morgan fingerprint density at radius 3 is 2.53 bits per heavy atom. The number of fused-ring (bicyclic) bond motifs is 1. The van der Waals surface area contributed by atoms with Gasteiger partial charge in [0.1, 0.15) is 0 Å². The van der Waals surface area contributed by atoms with E-state index < -0.39 is 12.7 Å². The van der Waals surface area contributed by atoms with Gasteiger partial charge in [-0.3, -0.25) is 4.90 Å². The Morgan fingerprint density at radius 2 is 1.84 bits per heavy atom. The highest BCUT2D eigenvalue weighted by atomic mass is 19.4. The first kappa shape index (κ1) is 15.1. The summed E-state index contributed by atoms with van der Waals surface area (Å²) in [7, 11) is 0. The molecular formula is C14H25F3N2. The maximum Gasteiger partial charge on any atom is 0.401 e. The molecule has 0 radical (unpaired) electrons. The third kappa shape index (κ3) is 4.63. The second-order valence-corrected chi connectivity index (χ2v) is 6.18. The van der Waals surface area contributed by atoms with Crippen molar-refractivity contribution >= 4 is 0 Å². The maximum absolute atomic E-state index is 12.1. The molecule has 1 saturated heterocycles. The van der Waals surface area contributed by atoms with Crippen molar-refractivity contribution in [3.05, 3.63) is 0 Å². The minimum Gasteiger partial charge on any atom is -0.307 e. The van der Waals surface area contributed by atoms with E-state index in [0.717, 1.165) is 24.9 Å². The van der Waals surface area contributed by atoms with Gasteiger partial charge in [-0.05, 0) is 38.1 Å². The quantitative estimate of drug-likeness (QED) is 0.850. The number of nitrogens with one attached hydrogen (secondary N) is 1. The molecule has 3 atom stereocenters. The molecule has 1 N–H and O–H groups in total. The highest BCUT2D eigenvalue weighted by Crippen LogP contribution is 2.36. The van der Waals surface area contributed by atoms with Gasteiger partial charge in [0, 0.05) is 19.1 Å². The SMILES string of the molecule is CC(CNCC(F)(F)F)N1CCC2CCCCC2C1. The van der Waals surface area contributed by atoms with Crippen LogP contribution in [0.3, 0.4) is 0 Å². The van der Waals surface area contributed by atoms with Crippen LogP contribution in [0.4, 0.5) is 13.2 Å². The van der Waals surface area contributed by atoms with E-state index in [1.807, 2.05) is 6.92 Å². The van der Waals surface area contributed by atoms with E-state index >= 15 is 0 Å². The van der Waals surface area contributed by atoms with Gasteiger partial charge in [-0.2, -0.15) is 13.2 Å². The fourth-order valence-electron chi connectivity index (χ4n) is 3.58. The monoisotopic (exact) mass is 278 g/mol. The van der Waals surface area contributed by atoms with Crippen LogP contribution in [0.25, 0.3) is 0 Å². The molecule has 0 spiro atoms. The van der Waals surface area contributed by atoms with Gasteiger partial charge in [0.05, 0.1) is 6.54 Å². The largest absolute Gasteiger partial charge is 0.401 e. The first-order valence-electron chi connectivity index (χ1n) is 7.47. The average molecular weight is 278 g/mol. The zero-order valence-corrected chi connectivity index (χ0v) is 11.7. The van der Waals surface area contributed by atoms with Crippen LogP contribution in [-0.4, -0.2) is 43.3 Å². The van der Waals surface area contributed by atoms with Gasteiger partial charge in [0.15, 0.2) is 0 Å². The van der Waals surface area contributed by atoms with E-state index in [1.54, 1.807) is 0 Å². The summed E-state index contributed by atoms with van der Waals surface area (Å²) in [6, 6.07) is 0.199. The summed E-state index contributed by atoms with van der Waals surface area (Å²) in [5.41, 5.74) is 0. The summed E-state index contributed by atoms with van der Waals surface area (Å²) in [4.78, 5) is 2.37. The van der Waals surface area contributed by atoms with Crippen molar-refractivity contribution in [3.63, 3.8) is 0 Å². The summed E-state index contributed by atoms with van der Waals surface area (Å²) in [5, 5.41) is 2.53. The predicted octanol–water partition coefficient (Wildman–Crippen LogP) is 3.04. The van der Waals surface area contributed by atoms with E-state index in [4.69, 9.17) is 0 Å². The lowest BCUT2D eigenvalue weighted by atomic mass is 9.75. The third-order valence-electron chi connectivity index (χ3n) is 4.71. The molecular weight excluding hydrogens is 253 g/mol. The predicted molar refractivity (Wildman–Crippen MR) is 70.0 cm³/mol. The highest BCUT2D eigenvalue weighted by Gasteiger charge is 2.33. The van der Waals surface area contributed by atoms with Gasteiger partial charge in [-0.15, -0.1) is 0 Å². The van der Waals surface area contributed by atoms with Crippen LogP contribution in [0.5, 0.6) is 0 Å². The van der Waals surface area contributed by atoms with Crippen molar-refractivity contribution < 1.29 is 13.2 Å². The number of rotatable bonds is 4. The number of piperidine rings is 1. The molecule has 2 fully saturated rings. The Balaban J connectivity index is 1.72. The molecule has 19 heavy (non-hydrogen) atoms. The molecule has 1 aliphatic heterocycles. The van der Waals surface area contributed by atoms with Crippen molar-refractivity contribution in [2.45, 2.75) is 51.2 Å². The summed E-state index contributed by atoms with van der Waals surface area (Å²) in [6.07, 6.45) is 2.49. The van der Waals surface area contributed by atoms with E-state index in [-0.39, 0.29) is 6.04 Å². The first-order chi connectivity index (χ1) is 8.96. The Morgan fingerprint density at radius 1 is 1.16 bits per heavy atom. The molecule has 0 amide bonds. The van der Waals surface area contributed by atoms with E-state index in [2.05, 4.69) is 10.2 Å². The zero-order chi connectivity index (χ0) is 13.9. The van der Waals surface area contributed by atoms with Crippen LogP contribution in [-0.2, 0) is 0 Å². The van der Waals surface area contributed by atoms with Crippen molar-refractivity contribution in [1.82, 2.24) is 10.2 Å². The number of likely N-dealkylation sites (tertiary alicyclic amines) is 1. The average Bonchev–Trinajstić information content (AvgIpc) is 2.36. The van der Waals surface area contributed by atoms with Crippen LogP contribution in [0.15, 0.2) is 0 Å². The minimum absolute atomic E-state index is 0.199. The Labute approximate surface area is 113 Å². The number of hydrogen-bond acceptors (Lipinski definition) is 2. The lowest BCUT2D eigenvalue weighted by Gasteiger charge is -2.43. The van der Waals surface area contributed by atoms with Gasteiger partial charge in [-0.1, -0.05) is 19.3 Å². The molecule has 1 saturated carbocycles. The molecule has 3 unspecified atom stereocenters. The molecule has 0 bridgehead atoms. The van der Waals surface area contributed by atoms with Crippen molar-refractivity contribution in [1.29, 1.82) is 0 Å². The number of alkyl halides is 3. The molecule has 2 rings (SSSR count). The Bertz CT molecular complexity index is 280. The van der Waals surface area contributed by atoms with Gasteiger partial charge in [-0.25, -0.2) is 0 Å². The molecule has 2 nitrogen and oxygen atoms in total. The summed E-state index contributed by atoms with van der Waals surface area (Å²) >= 11 is 0. The van der Waals surface area contributed by atoms with Crippen LogP contribution in [0.2, 0.25) is 0 Å². The summed E-state index contributed by atoms with van der Waals surface area (Å²) < 4.78 is 36.3. The number of hydrogen-bond donors (Lipinski definition) is 1. The smallest absolute Gasteiger partial charge is 0.307 e. The molecule has 0 aromatic heterocycles. The number of nitrogens with zero attached hydrogens (tertiary/aromatic N) is 1. The van der Waals surface area contributed by atoms with Crippen LogP contribution in [0.1, 0.15) is 39.0 Å². The van der Waals surface area contributed by atoms with Crippen LogP contribution < -0.4 is 5.32 Å². The first-order valence-corrected chi connectivity index (χ1v) is 7.47. The van der Waals surface area contributed by atoms with Crippen LogP contribution >= 0.6 is 0 Å². The lowest BCUT2D eigenvalue weighted by molar-refractivity contribution is -0.125. The maximum atomic E-state index is 12.1. The zero-order valence-electron chi connectivity index (χ0n) is 11.7. The van der Waals surface area contributed by atoms with Crippen LogP contribution in [0, 0.1) is 11.8 Å². The molecule has 112 valence electrons. The van der Waals surface area contributed by atoms with E-state index in [9.17, 15) is 13.2 Å². The topological polar surface area (TPSA) is 15.3 Å². The lowest BCUT2D eigenvalue weighted by Crippen LogP contribution is -2.49. The van der Waals surface area contributed by atoms with Crippen molar-refractivity contribution in [2.75, 3.05) is 26.2 Å². The van der Waals surface area contributed by atoms with Gasteiger partial charge in [0.25, 0.3) is 0 Å². The Kier molecular flexibility index (Phi) is 5.12. The fourth-order valence-corrected chi connectivity index (χ4v) is 3.58. The highest BCUT2D eigenvalue weighted by molar-refractivity contribution is 4.86. The van der Waals surface area contributed by atoms with Crippen molar-refractivity contribution in [3.8, 4) is 0 Å². The molecule has 2 aliphatic rings. The molecule has 0 aromatic rings. The third-order valence-corrected chi connectivity index (χ3v) is 4.71. The van der Waals surface area contributed by atoms with E-state index in [0.29, 0.717) is 6.54 Å². The second-order valence-electron chi connectivity index (χ2n) is 6.18. The van der Waals surface area contributed by atoms with Gasteiger partial charge < -0.3 is 5.32 Å². The fraction of sp³-hybridized carbons (Fsp3) is 1.00. The second kappa shape index (κ2) is 6.44. The summed E-state index contributed by atoms with van der Waals surface area (Å²) in [6.45, 7) is 3.72. The standard InChI is InChI=1S/C14H25F3N2/c1-11(8-18-10-14(15,16)17)19-7-6-12-4-2-3-5-13(12)9-19/h11-13,18H,2-10H2,1H3. The molecule has 0 aromatic carbocycles. The molecule has 5 heteroatoms. The Hall–Kier alpha value is -0.290. The summed E-state index contributed by atoms with van der Waals surface area (Å²) in [5.74, 6) is 1.66. The molecule has 1 aliphatic carbocycles. The minimum atomic E-state index is -4.10.